The summed E-state index contributed by atoms with van der Waals surface area (Å²) < 4.78 is 18.0. The van der Waals surface area contributed by atoms with E-state index in [0.29, 0.717) is 18.7 Å². The van der Waals surface area contributed by atoms with Gasteiger partial charge in [0.1, 0.15) is 11.6 Å². The number of rotatable bonds is 5. The normalized spacial score (nSPS) is 11.8. The Balaban J connectivity index is 2.55. The van der Waals surface area contributed by atoms with Crippen LogP contribution in [0.25, 0.3) is 0 Å². The zero-order valence-electron chi connectivity index (χ0n) is 10.4. The average molecular weight is 256 g/mol. The van der Waals surface area contributed by atoms with Gasteiger partial charge in [-0.2, -0.15) is 0 Å². The van der Waals surface area contributed by atoms with Crippen molar-refractivity contribution in [2.24, 2.45) is 0 Å². The maximum Gasteiger partial charge on any atom is 0.319 e. The first-order valence-electron chi connectivity index (χ1n) is 5.59. The van der Waals surface area contributed by atoms with Crippen LogP contribution in [-0.2, 0) is 0 Å². The number of amides is 2. The van der Waals surface area contributed by atoms with Crippen molar-refractivity contribution in [3.8, 4) is 5.75 Å². The van der Waals surface area contributed by atoms with E-state index >= 15 is 0 Å². The molecular formula is C12H17FN2O3. The van der Waals surface area contributed by atoms with Gasteiger partial charge in [-0.05, 0) is 25.5 Å². The molecule has 0 aliphatic carbocycles. The molecule has 0 heterocycles. The number of methoxy groups -OCH3 is 1. The van der Waals surface area contributed by atoms with Crippen LogP contribution in [-0.4, -0.2) is 30.9 Å². The lowest BCUT2D eigenvalue weighted by atomic mass is 10.3. The lowest BCUT2D eigenvalue weighted by molar-refractivity contribution is 0.184. The van der Waals surface area contributed by atoms with Gasteiger partial charge in [-0.15, -0.1) is 0 Å². The first-order chi connectivity index (χ1) is 8.52. The third-order valence-corrected chi connectivity index (χ3v) is 2.26. The molecule has 0 aliphatic rings. The molecule has 0 radical (unpaired) electrons. The van der Waals surface area contributed by atoms with Crippen molar-refractivity contribution in [1.29, 1.82) is 0 Å². The topological polar surface area (TPSA) is 70.6 Å². The van der Waals surface area contributed by atoms with E-state index in [9.17, 15) is 9.18 Å². The Morgan fingerprint density at radius 1 is 1.56 bits per heavy atom. The number of anilines is 1. The van der Waals surface area contributed by atoms with Crippen molar-refractivity contribution in [3.05, 3.63) is 24.0 Å². The van der Waals surface area contributed by atoms with Crippen LogP contribution in [0.1, 0.15) is 13.3 Å². The van der Waals surface area contributed by atoms with E-state index in [1.54, 1.807) is 6.92 Å². The summed E-state index contributed by atoms with van der Waals surface area (Å²) in [4.78, 5) is 11.5. The Labute approximate surface area is 105 Å². The van der Waals surface area contributed by atoms with Crippen LogP contribution < -0.4 is 15.4 Å². The molecule has 1 aromatic carbocycles. The largest absolute Gasteiger partial charge is 0.495 e. The third kappa shape index (κ3) is 4.58. The van der Waals surface area contributed by atoms with Gasteiger partial charge in [-0.25, -0.2) is 9.18 Å². The summed E-state index contributed by atoms with van der Waals surface area (Å²) in [5.41, 5.74) is 0.257. The molecule has 6 heteroatoms. The molecule has 3 N–H and O–H groups in total. The molecule has 0 fully saturated rings. The number of carbonyl (C=O) groups excluding carboxylic acids is 1. The monoisotopic (exact) mass is 256 g/mol. The molecule has 0 saturated heterocycles. The number of aliphatic hydroxyl groups excluding tert-OH is 1. The van der Waals surface area contributed by atoms with E-state index in [2.05, 4.69) is 10.6 Å². The average Bonchev–Trinajstić information content (AvgIpc) is 2.28. The number of carbonyl (C=O) groups is 1. The zero-order chi connectivity index (χ0) is 13.5. The van der Waals surface area contributed by atoms with E-state index in [1.165, 1.54) is 25.3 Å². The second-order valence-corrected chi connectivity index (χ2v) is 3.86. The number of halogens is 1. The van der Waals surface area contributed by atoms with Crippen molar-refractivity contribution < 1.29 is 19.0 Å². The van der Waals surface area contributed by atoms with Gasteiger partial charge in [0.05, 0.1) is 18.9 Å². The number of nitrogens with one attached hydrogen (secondary N) is 2. The molecule has 1 aromatic rings. The molecule has 100 valence electrons. The molecule has 1 atom stereocenters. The molecular weight excluding hydrogens is 239 g/mol. The Bertz CT molecular complexity index is 410. The summed E-state index contributed by atoms with van der Waals surface area (Å²) >= 11 is 0. The van der Waals surface area contributed by atoms with Gasteiger partial charge in [-0.3, -0.25) is 0 Å². The minimum atomic E-state index is -0.478. The highest BCUT2D eigenvalue weighted by Gasteiger charge is 2.08. The Hall–Kier alpha value is -1.82. The first-order valence-corrected chi connectivity index (χ1v) is 5.59. The molecule has 1 unspecified atom stereocenters. The number of hydrogen-bond donors (Lipinski definition) is 3. The zero-order valence-corrected chi connectivity index (χ0v) is 10.4. The molecule has 1 rings (SSSR count). The van der Waals surface area contributed by atoms with Crippen molar-refractivity contribution in [2.45, 2.75) is 19.4 Å². The van der Waals surface area contributed by atoms with E-state index in [-0.39, 0.29) is 5.69 Å². The summed E-state index contributed by atoms with van der Waals surface area (Å²) in [6.45, 7) is 1.97. The molecule has 0 saturated carbocycles. The summed E-state index contributed by atoms with van der Waals surface area (Å²) in [5.74, 6) is -0.0860. The van der Waals surface area contributed by atoms with Gasteiger partial charge in [0, 0.05) is 12.6 Å². The predicted octanol–water partition coefficient (Wildman–Crippen LogP) is 1.73. The van der Waals surface area contributed by atoms with E-state index in [1.807, 2.05) is 0 Å². The number of benzene rings is 1. The summed E-state index contributed by atoms with van der Waals surface area (Å²) in [7, 11) is 1.43. The van der Waals surface area contributed by atoms with Crippen LogP contribution in [0.4, 0.5) is 14.9 Å². The number of hydrogen-bond acceptors (Lipinski definition) is 3. The van der Waals surface area contributed by atoms with E-state index in [4.69, 9.17) is 9.84 Å². The van der Waals surface area contributed by atoms with Crippen molar-refractivity contribution >= 4 is 11.7 Å². The predicted molar refractivity (Wildman–Crippen MR) is 66.3 cm³/mol. The highest BCUT2D eigenvalue weighted by atomic mass is 19.1. The third-order valence-electron chi connectivity index (χ3n) is 2.26. The highest BCUT2D eigenvalue weighted by Crippen LogP contribution is 2.24. The lowest BCUT2D eigenvalue weighted by Gasteiger charge is -2.11. The molecule has 0 spiro atoms. The van der Waals surface area contributed by atoms with Gasteiger partial charge >= 0.3 is 6.03 Å². The van der Waals surface area contributed by atoms with Crippen LogP contribution in [0, 0.1) is 5.82 Å². The summed E-state index contributed by atoms with van der Waals surface area (Å²) in [6, 6.07) is 3.38. The standard InChI is InChI=1S/C12H17FN2O3/c1-8(16)5-6-14-12(17)15-10-7-9(13)3-4-11(10)18-2/h3-4,7-8,16H,5-6H2,1-2H3,(H2,14,15,17). The van der Waals surface area contributed by atoms with Gasteiger partial charge in [0.2, 0.25) is 0 Å². The minimum absolute atomic E-state index is 0.257. The summed E-state index contributed by atoms with van der Waals surface area (Å²) in [5, 5.41) is 14.1. The highest BCUT2D eigenvalue weighted by molar-refractivity contribution is 5.90. The molecule has 18 heavy (non-hydrogen) atoms. The molecule has 0 aromatic heterocycles. The molecule has 2 amide bonds. The van der Waals surface area contributed by atoms with Crippen molar-refractivity contribution in [1.82, 2.24) is 5.32 Å². The van der Waals surface area contributed by atoms with Crippen LogP contribution in [0.2, 0.25) is 0 Å². The van der Waals surface area contributed by atoms with E-state index in [0.717, 1.165) is 0 Å². The second kappa shape index (κ2) is 6.80. The SMILES string of the molecule is COc1ccc(F)cc1NC(=O)NCCC(C)O. The minimum Gasteiger partial charge on any atom is -0.495 e. The Kier molecular flexibility index (Phi) is 5.38. The van der Waals surface area contributed by atoms with Gasteiger partial charge < -0.3 is 20.5 Å². The van der Waals surface area contributed by atoms with Gasteiger partial charge in [-0.1, -0.05) is 0 Å². The first kappa shape index (κ1) is 14.2. The van der Waals surface area contributed by atoms with Crippen LogP contribution in [0.3, 0.4) is 0 Å². The Morgan fingerprint density at radius 2 is 2.28 bits per heavy atom. The summed E-state index contributed by atoms with van der Waals surface area (Å²) in [6.07, 6.45) is -0.0257. The smallest absolute Gasteiger partial charge is 0.319 e. The fourth-order valence-electron chi connectivity index (χ4n) is 1.34. The molecule has 0 aliphatic heterocycles. The van der Waals surface area contributed by atoms with Gasteiger partial charge in [0.25, 0.3) is 0 Å². The molecule has 0 bridgehead atoms. The van der Waals surface area contributed by atoms with E-state index < -0.39 is 18.0 Å². The van der Waals surface area contributed by atoms with Crippen LogP contribution in [0.15, 0.2) is 18.2 Å². The Morgan fingerprint density at radius 3 is 2.89 bits per heavy atom. The van der Waals surface area contributed by atoms with Crippen molar-refractivity contribution in [3.63, 3.8) is 0 Å². The van der Waals surface area contributed by atoms with Crippen LogP contribution >= 0.6 is 0 Å². The maximum atomic E-state index is 13.0. The lowest BCUT2D eigenvalue weighted by Crippen LogP contribution is -2.31. The maximum absolute atomic E-state index is 13.0. The second-order valence-electron chi connectivity index (χ2n) is 3.86. The number of ether oxygens (including phenoxy) is 1. The fourth-order valence-corrected chi connectivity index (χ4v) is 1.34. The number of aliphatic hydroxyl groups is 1. The molecule has 5 nitrogen and oxygen atoms in total. The fraction of sp³-hybridized carbons (Fsp3) is 0.417. The van der Waals surface area contributed by atoms with Crippen LogP contribution in [0.5, 0.6) is 5.75 Å². The number of urea groups is 1. The quantitative estimate of drug-likeness (QED) is 0.751. The van der Waals surface area contributed by atoms with Crippen molar-refractivity contribution in [2.75, 3.05) is 19.0 Å². The van der Waals surface area contributed by atoms with Gasteiger partial charge in [0.15, 0.2) is 0 Å².